The van der Waals surface area contributed by atoms with Crippen molar-refractivity contribution in [1.82, 2.24) is 4.98 Å². The summed E-state index contributed by atoms with van der Waals surface area (Å²) in [6.07, 6.45) is 1.24. The molecule has 0 saturated carbocycles. The number of hydrogen-bond acceptors (Lipinski definition) is 6. The Balaban J connectivity index is 1.78. The van der Waals surface area contributed by atoms with Gasteiger partial charge in [0.1, 0.15) is 5.69 Å². The Labute approximate surface area is 130 Å². The second-order valence-electron chi connectivity index (χ2n) is 5.21. The Kier molecular flexibility index (Phi) is 2.35. The monoisotopic (exact) mass is 310 g/mol. The second-order valence-corrected chi connectivity index (χ2v) is 5.21. The van der Waals surface area contributed by atoms with Gasteiger partial charge in [-0.15, -0.1) is 0 Å². The minimum Gasteiger partial charge on any atom is -0.710 e. The number of benzene rings is 2. The Morgan fingerprint density at radius 2 is 1.57 bits per heavy atom. The molecule has 0 saturated heterocycles. The summed E-state index contributed by atoms with van der Waals surface area (Å²) in [6, 6.07) is 8.95. The molecular weight excluding hydrogens is 300 g/mol. The molecule has 2 aromatic carbocycles. The minimum atomic E-state index is 0.169. The first kappa shape index (κ1) is 12.3. The van der Waals surface area contributed by atoms with Crippen LogP contribution >= 0.6 is 0 Å². The van der Waals surface area contributed by atoms with E-state index in [4.69, 9.17) is 18.9 Å². The maximum absolute atomic E-state index is 12.3. The van der Waals surface area contributed by atoms with Crippen LogP contribution in [-0.2, 0) is 0 Å². The van der Waals surface area contributed by atoms with E-state index in [1.807, 2.05) is 6.07 Å². The predicted octanol–water partition coefficient (Wildman–Crippen LogP) is 1.99. The summed E-state index contributed by atoms with van der Waals surface area (Å²) in [5, 5.41) is 13.0. The van der Waals surface area contributed by atoms with Gasteiger partial charge >= 0.3 is 0 Å². The van der Waals surface area contributed by atoms with Gasteiger partial charge in [0, 0.05) is 17.7 Å². The zero-order chi connectivity index (χ0) is 15.4. The topological polar surface area (TPSA) is 76.8 Å². The summed E-state index contributed by atoms with van der Waals surface area (Å²) in [7, 11) is 0. The van der Waals surface area contributed by atoms with Crippen molar-refractivity contribution in [2.24, 2.45) is 0 Å². The van der Waals surface area contributed by atoms with Crippen LogP contribution in [0.4, 0.5) is 0 Å². The van der Waals surface area contributed by atoms with Gasteiger partial charge in [0.25, 0.3) is 6.33 Å². The van der Waals surface area contributed by atoms with E-state index < -0.39 is 0 Å². The lowest BCUT2D eigenvalue weighted by atomic mass is 10.1. The molecule has 1 aromatic heterocycles. The van der Waals surface area contributed by atoms with Gasteiger partial charge in [0.15, 0.2) is 28.5 Å². The van der Waals surface area contributed by atoms with E-state index in [2.05, 4.69) is 4.98 Å². The van der Waals surface area contributed by atoms with Gasteiger partial charge in [-0.2, -0.15) is 0 Å². The molecule has 3 aromatic rings. The van der Waals surface area contributed by atoms with Crippen LogP contribution in [0.2, 0.25) is 0 Å². The molecule has 0 spiro atoms. The fourth-order valence-electron chi connectivity index (χ4n) is 2.85. The number of hydrogen-bond donors (Lipinski definition) is 0. The molecule has 0 bridgehead atoms. The standard InChI is InChI=1S/C16H10N2O5/c19-18-6-17-11-5-15-14(22-8-23-15)4-10(11)16(18)9-1-2-12-13(3-9)21-7-20-12/h1-6H,7-8H2. The number of aromatic nitrogens is 2. The quantitative estimate of drug-likeness (QED) is 0.505. The molecule has 0 N–H and O–H groups in total. The Hall–Kier alpha value is -3.22. The Morgan fingerprint density at radius 3 is 2.39 bits per heavy atom. The first-order valence-corrected chi connectivity index (χ1v) is 7.01. The first-order valence-electron chi connectivity index (χ1n) is 7.01. The molecule has 7 heteroatoms. The molecule has 2 aliphatic heterocycles. The highest BCUT2D eigenvalue weighted by atomic mass is 16.7. The van der Waals surface area contributed by atoms with E-state index in [0.717, 1.165) is 10.3 Å². The molecule has 0 aliphatic carbocycles. The zero-order valence-corrected chi connectivity index (χ0v) is 11.8. The maximum atomic E-state index is 12.3. The predicted molar refractivity (Wildman–Crippen MR) is 78.4 cm³/mol. The fraction of sp³-hybridized carbons (Fsp3) is 0.125. The molecule has 7 nitrogen and oxygen atoms in total. The molecule has 0 unspecified atom stereocenters. The first-order chi connectivity index (χ1) is 11.3. The lowest BCUT2D eigenvalue weighted by Gasteiger charge is -2.11. The van der Waals surface area contributed by atoms with E-state index in [1.54, 1.807) is 24.3 Å². The molecule has 0 fully saturated rings. The van der Waals surface area contributed by atoms with Crippen molar-refractivity contribution < 1.29 is 23.7 Å². The molecular formula is C16H10N2O5. The number of fused-ring (bicyclic) bond motifs is 3. The maximum Gasteiger partial charge on any atom is 0.290 e. The van der Waals surface area contributed by atoms with E-state index >= 15 is 0 Å². The van der Waals surface area contributed by atoms with E-state index in [1.165, 1.54) is 6.33 Å². The van der Waals surface area contributed by atoms with Gasteiger partial charge in [-0.3, -0.25) is 0 Å². The summed E-state index contributed by atoms with van der Waals surface area (Å²) in [5.41, 5.74) is 1.86. The lowest BCUT2D eigenvalue weighted by molar-refractivity contribution is -0.595. The van der Waals surface area contributed by atoms with E-state index in [0.29, 0.717) is 39.6 Å². The van der Waals surface area contributed by atoms with Crippen molar-refractivity contribution in [3.8, 4) is 34.3 Å². The average molecular weight is 310 g/mol. The highest BCUT2D eigenvalue weighted by molar-refractivity contribution is 5.93. The van der Waals surface area contributed by atoms with Gasteiger partial charge in [-0.25, -0.2) is 4.73 Å². The summed E-state index contributed by atoms with van der Waals surface area (Å²) >= 11 is 0. The zero-order valence-electron chi connectivity index (χ0n) is 11.8. The third-order valence-corrected chi connectivity index (χ3v) is 3.91. The summed E-state index contributed by atoms with van der Waals surface area (Å²) in [4.78, 5) is 4.18. The van der Waals surface area contributed by atoms with Crippen LogP contribution < -0.4 is 23.7 Å². The third-order valence-electron chi connectivity index (χ3n) is 3.91. The normalized spacial score (nSPS) is 14.4. The molecule has 114 valence electrons. The summed E-state index contributed by atoms with van der Waals surface area (Å²) < 4.78 is 22.2. The minimum absolute atomic E-state index is 0.169. The summed E-state index contributed by atoms with van der Waals surface area (Å²) in [6.45, 7) is 0.355. The second kappa shape index (κ2) is 4.39. The van der Waals surface area contributed by atoms with Crippen LogP contribution in [0.25, 0.3) is 22.2 Å². The summed E-state index contributed by atoms with van der Waals surface area (Å²) in [5.74, 6) is 2.52. The molecule has 3 heterocycles. The van der Waals surface area contributed by atoms with Gasteiger partial charge in [0.05, 0.1) is 5.39 Å². The van der Waals surface area contributed by atoms with E-state index in [9.17, 15) is 5.21 Å². The highest BCUT2D eigenvalue weighted by Crippen LogP contribution is 2.40. The van der Waals surface area contributed by atoms with Gasteiger partial charge in [0.2, 0.25) is 13.6 Å². The Bertz CT molecular complexity index is 957. The van der Waals surface area contributed by atoms with Crippen molar-refractivity contribution in [3.05, 3.63) is 41.9 Å². The van der Waals surface area contributed by atoms with Crippen molar-refractivity contribution in [3.63, 3.8) is 0 Å². The molecule has 2 aliphatic rings. The van der Waals surface area contributed by atoms with Crippen LogP contribution in [0, 0.1) is 5.21 Å². The third kappa shape index (κ3) is 1.76. The molecule has 0 amide bonds. The average Bonchev–Trinajstić information content (AvgIpc) is 3.20. The lowest BCUT2D eigenvalue weighted by Crippen LogP contribution is -2.29. The fourth-order valence-corrected chi connectivity index (χ4v) is 2.85. The van der Waals surface area contributed by atoms with Gasteiger partial charge < -0.3 is 24.2 Å². The van der Waals surface area contributed by atoms with E-state index in [-0.39, 0.29) is 13.6 Å². The van der Waals surface area contributed by atoms with Crippen molar-refractivity contribution in [2.45, 2.75) is 0 Å². The number of rotatable bonds is 1. The largest absolute Gasteiger partial charge is 0.710 e. The van der Waals surface area contributed by atoms with Gasteiger partial charge in [-0.05, 0) is 23.2 Å². The van der Waals surface area contributed by atoms with Gasteiger partial charge in [-0.1, -0.05) is 0 Å². The van der Waals surface area contributed by atoms with Crippen LogP contribution in [0.15, 0.2) is 36.7 Å². The number of nitrogens with zero attached hydrogens (tertiary/aromatic N) is 2. The molecule has 0 radical (unpaired) electrons. The van der Waals surface area contributed by atoms with Crippen LogP contribution in [0.1, 0.15) is 0 Å². The Morgan fingerprint density at radius 1 is 0.870 bits per heavy atom. The smallest absolute Gasteiger partial charge is 0.290 e. The van der Waals surface area contributed by atoms with Crippen molar-refractivity contribution in [2.75, 3.05) is 13.6 Å². The molecule has 5 rings (SSSR count). The van der Waals surface area contributed by atoms with Crippen LogP contribution in [0.3, 0.4) is 0 Å². The molecule has 0 atom stereocenters. The molecule has 23 heavy (non-hydrogen) atoms. The highest BCUT2D eigenvalue weighted by Gasteiger charge is 2.22. The van der Waals surface area contributed by atoms with Crippen molar-refractivity contribution in [1.29, 1.82) is 0 Å². The number of ether oxygens (including phenoxy) is 4. The van der Waals surface area contributed by atoms with Crippen LogP contribution in [-0.4, -0.2) is 18.6 Å². The SMILES string of the molecule is [O-][n+]1cnc2cc3c(cc2c1-c1ccc2c(c1)OCO2)OCO3. The van der Waals surface area contributed by atoms with Crippen LogP contribution in [0.5, 0.6) is 23.0 Å². The van der Waals surface area contributed by atoms with Crippen molar-refractivity contribution >= 4 is 10.9 Å².